The first-order valence-electron chi connectivity index (χ1n) is 7.76. The first-order chi connectivity index (χ1) is 9.97. The van der Waals surface area contributed by atoms with Crippen molar-refractivity contribution in [2.45, 2.75) is 65.1 Å². The highest BCUT2D eigenvalue weighted by Crippen LogP contribution is 2.32. The van der Waals surface area contributed by atoms with E-state index in [0.717, 1.165) is 18.7 Å². The van der Waals surface area contributed by atoms with Gasteiger partial charge in [-0.25, -0.2) is 0 Å². The van der Waals surface area contributed by atoms with Crippen LogP contribution < -0.4 is 5.32 Å². The van der Waals surface area contributed by atoms with Crippen LogP contribution in [0.5, 0.6) is 0 Å². The third kappa shape index (κ3) is 2.75. The zero-order valence-corrected chi connectivity index (χ0v) is 13.4. The van der Waals surface area contributed by atoms with Crippen molar-refractivity contribution < 1.29 is 0 Å². The molecule has 0 fully saturated rings. The summed E-state index contributed by atoms with van der Waals surface area (Å²) >= 11 is 0. The van der Waals surface area contributed by atoms with E-state index in [4.69, 9.17) is 0 Å². The molecule has 0 saturated heterocycles. The van der Waals surface area contributed by atoms with Gasteiger partial charge in [0.1, 0.15) is 0 Å². The molecular weight excluding hydrogens is 262 g/mol. The summed E-state index contributed by atoms with van der Waals surface area (Å²) in [5.74, 6) is 0. The van der Waals surface area contributed by atoms with Crippen LogP contribution in [0, 0.1) is 6.92 Å². The van der Waals surface area contributed by atoms with Gasteiger partial charge < -0.3 is 5.32 Å². The maximum atomic E-state index is 4.64. The van der Waals surface area contributed by atoms with Crippen LogP contribution in [0.25, 0.3) is 0 Å². The number of hydrogen-bond acceptors (Lipinski definition) is 3. The molecule has 1 atom stereocenters. The number of nitrogens with one attached hydrogen (secondary N) is 2. The van der Waals surface area contributed by atoms with Gasteiger partial charge in [0, 0.05) is 35.1 Å². The SMILES string of the molecule is Cc1[nH]ncc1CNC1CCCc2c1cnn2C(C)(C)C. The van der Waals surface area contributed by atoms with E-state index < -0.39 is 0 Å². The number of rotatable bonds is 3. The number of H-pyrrole nitrogens is 1. The minimum atomic E-state index is 0.0522. The second kappa shape index (κ2) is 5.30. The molecule has 1 unspecified atom stereocenters. The van der Waals surface area contributed by atoms with Crippen LogP contribution in [-0.2, 0) is 18.5 Å². The second-order valence-corrected chi connectivity index (χ2v) is 6.98. The first-order valence-corrected chi connectivity index (χ1v) is 7.76. The molecule has 114 valence electrons. The Balaban J connectivity index is 1.78. The van der Waals surface area contributed by atoms with Crippen molar-refractivity contribution in [3.8, 4) is 0 Å². The maximum absolute atomic E-state index is 4.64. The minimum absolute atomic E-state index is 0.0522. The highest BCUT2D eigenvalue weighted by molar-refractivity contribution is 5.26. The Labute approximate surface area is 126 Å². The van der Waals surface area contributed by atoms with Crippen molar-refractivity contribution in [1.29, 1.82) is 0 Å². The molecule has 0 amide bonds. The monoisotopic (exact) mass is 287 g/mol. The Morgan fingerprint density at radius 1 is 1.38 bits per heavy atom. The van der Waals surface area contributed by atoms with Gasteiger partial charge in [-0.05, 0) is 47.0 Å². The molecule has 1 aliphatic rings. The van der Waals surface area contributed by atoms with E-state index in [1.165, 1.54) is 29.7 Å². The third-order valence-electron chi connectivity index (χ3n) is 4.29. The lowest BCUT2D eigenvalue weighted by atomic mass is 9.92. The predicted octanol–water partition coefficient (Wildman–Crippen LogP) is 2.84. The van der Waals surface area contributed by atoms with E-state index in [2.05, 4.69) is 59.2 Å². The Morgan fingerprint density at radius 2 is 2.19 bits per heavy atom. The molecule has 5 heteroatoms. The fourth-order valence-electron chi connectivity index (χ4n) is 3.13. The fraction of sp³-hybridized carbons (Fsp3) is 0.625. The average molecular weight is 287 g/mol. The predicted molar refractivity (Wildman–Crippen MR) is 83.1 cm³/mol. The van der Waals surface area contributed by atoms with Crippen molar-refractivity contribution in [3.05, 3.63) is 34.9 Å². The lowest BCUT2D eigenvalue weighted by Gasteiger charge is -2.28. The van der Waals surface area contributed by atoms with Gasteiger partial charge in [0.05, 0.1) is 17.9 Å². The Hall–Kier alpha value is -1.62. The van der Waals surface area contributed by atoms with E-state index in [1.807, 2.05) is 6.20 Å². The zero-order valence-electron chi connectivity index (χ0n) is 13.4. The van der Waals surface area contributed by atoms with Crippen molar-refractivity contribution in [1.82, 2.24) is 25.3 Å². The third-order valence-corrected chi connectivity index (χ3v) is 4.29. The van der Waals surface area contributed by atoms with Gasteiger partial charge in [0.15, 0.2) is 0 Å². The van der Waals surface area contributed by atoms with Crippen molar-refractivity contribution >= 4 is 0 Å². The van der Waals surface area contributed by atoms with Gasteiger partial charge in [-0.3, -0.25) is 9.78 Å². The molecule has 2 heterocycles. The van der Waals surface area contributed by atoms with Crippen LogP contribution in [0.1, 0.15) is 62.2 Å². The molecule has 0 spiro atoms. The molecule has 1 aliphatic carbocycles. The average Bonchev–Trinajstić information content (AvgIpc) is 3.02. The Morgan fingerprint density at radius 3 is 2.86 bits per heavy atom. The molecule has 2 aromatic heterocycles. The molecule has 2 aromatic rings. The molecule has 0 aliphatic heterocycles. The van der Waals surface area contributed by atoms with E-state index in [-0.39, 0.29) is 5.54 Å². The second-order valence-electron chi connectivity index (χ2n) is 6.98. The number of aryl methyl sites for hydroxylation is 1. The molecule has 0 bridgehead atoms. The van der Waals surface area contributed by atoms with E-state index in [9.17, 15) is 0 Å². The topological polar surface area (TPSA) is 58.5 Å². The first kappa shape index (κ1) is 14.3. The summed E-state index contributed by atoms with van der Waals surface area (Å²) in [6, 6.07) is 0.402. The van der Waals surface area contributed by atoms with Gasteiger partial charge >= 0.3 is 0 Å². The number of nitrogens with zero attached hydrogens (tertiary/aromatic N) is 3. The van der Waals surface area contributed by atoms with E-state index >= 15 is 0 Å². The maximum Gasteiger partial charge on any atom is 0.0546 e. The summed E-state index contributed by atoms with van der Waals surface area (Å²) in [6.45, 7) is 9.56. The summed E-state index contributed by atoms with van der Waals surface area (Å²) in [7, 11) is 0. The summed E-state index contributed by atoms with van der Waals surface area (Å²) in [6.07, 6.45) is 7.50. The van der Waals surface area contributed by atoms with E-state index in [1.54, 1.807) is 0 Å². The van der Waals surface area contributed by atoms with E-state index in [0.29, 0.717) is 6.04 Å². The standard InChI is InChI=1S/C16H25N5/c1-11-12(9-18-20-11)8-17-14-6-5-7-15-13(14)10-19-21(15)16(2,3)4/h9-10,14,17H,5-8H2,1-4H3,(H,18,20). The van der Waals surface area contributed by atoms with Gasteiger partial charge in [-0.15, -0.1) is 0 Å². The highest BCUT2D eigenvalue weighted by Gasteiger charge is 2.27. The minimum Gasteiger partial charge on any atom is -0.306 e. The van der Waals surface area contributed by atoms with Gasteiger partial charge in [0.2, 0.25) is 0 Å². The van der Waals surface area contributed by atoms with Crippen molar-refractivity contribution in [3.63, 3.8) is 0 Å². The summed E-state index contributed by atoms with van der Waals surface area (Å²) in [5, 5.41) is 15.4. The van der Waals surface area contributed by atoms with Crippen LogP contribution >= 0.6 is 0 Å². The Bertz CT molecular complexity index is 617. The molecular formula is C16H25N5. The molecule has 0 radical (unpaired) electrons. The van der Waals surface area contributed by atoms with Crippen LogP contribution in [0.4, 0.5) is 0 Å². The fourth-order valence-corrected chi connectivity index (χ4v) is 3.13. The quantitative estimate of drug-likeness (QED) is 0.912. The normalized spacial score (nSPS) is 18.8. The van der Waals surface area contributed by atoms with Crippen molar-refractivity contribution in [2.75, 3.05) is 0 Å². The lowest BCUT2D eigenvalue weighted by molar-refractivity contribution is 0.334. The molecule has 0 aromatic carbocycles. The van der Waals surface area contributed by atoms with Crippen LogP contribution in [-0.4, -0.2) is 20.0 Å². The largest absolute Gasteiger partial charge is 0.306 e. The Kier molecular flexibility index (Phi) is 3.61. The number of hydrogen-bond donors (Lipinski definition) is 2. The summed E-state index contributed by atoms with van der Waals surface area (Å²) in [4.78, 5) is 0. The van der Waals surface area contributed by atoms with Crippen LogP contribution in [0.2, 0.25) is 0 Å². The zero-order chi connectivity index (χ0) is 15.0. The van der Waals surface area contributed by atoms with Crippen molar-refractivity contribution in [2.24, 2.45) is 0 Å². The number of aromatic nitrogens is 4. The summed E-state index contributed by atoms with van der Waals surface area (Å²) in [5.41, 5.74) is 5.21. The number of fused-ring (bicyclic) bond motifs is 1. The van der Waals surface area contributed by atoms with Gasteiger partial charge in [-0.2, -0.15) is 10.2 Å². The lowest BCUT2D eigenvalue weighted by Crippen LogP contribution is -2.29. The van der Waals surface area contributed by atoms with Crippen LogP contribution in [0.3, 0.4) is 0 Å². The molecule has 0 saturated carbocycles. The van der Waals surface area contributed by atoms with Gasteiger partial charge in [-0.1, -0.05) is 0 Å². The number of aromatic amines is 1. The molecule has 2 N–H and O–H groups in total. The highest BCUT2D eigenvalue weighted by atomic mass is 15.3. The van der Waals surface area contributed by atoms with Crippen LogP contribution in [0.15, 0.2) is 12.4 Å². The van der Waals surface area contributed by atoms with Gasteiger partial charge in [0.25, 0.3) is 0 Å². The molecule has 3 rings (SSSR count). The summed E-state index contributed by atoms with van der Waals surface area (Å²) < 4.78 is 2.19. The smallest absolute Gasteiger partial charge is 0.0546 e. The molecule has 21 heavy (non-hydrogen) atoms. The molecule has 5 nitrogen and oxygen atoms in total.